The zero-order valence-electron chi connectivity index (χ0n) is 14.4. The Balaban J connectivity index is 1.95. The highest BCUT2D eigenvalue weighted by Gasteiger charge is 2.14. The first-order chi connectivity index (χ1) is 11.9. The Morgan fingerprint density at radius 3 is 2.64 bits per heavy atom. The lowest BCUT2D eigenvalue weighted by molar-refractivity contribution is 0.314. The van der Waals surface area contributed by atoms with Gasteiger partial charge in [0.1, 0.15) is 11.4 Å². The van der Waals surface area contributed by atoms with Gasteiger partial charge in [0.05, 0.1) is 0 Å². The van der Waals surface area contributed by atoms with E-state index in [2.05, 4.69) is 0 Å². The second kappa shape index (κ2) is 6.98. The second-order valence-corrected chi connectivity index (χ2v) is 6.75. The molecule has 5 heteroatoms. The average molecular weight is 360 g/mol. The van der Waals surface area contributed by atoms with Gasteiger partial charge in [-0.1, -0.05) is 29.8 Å². The maximum absolute atomic E-state index is 14.0. The van der Waals surface area contributed by atoms with E-state index >= 15 is 0 Å². The van der Waals surface area contributed by atoms with Crippen LogP contribution >= 0.6 is 11.6 Å². The van der Waals surface area contributed by atoms with Crippen LogP contribution < -0.4 is 5.63 Å². The molecule has 0 N–H and O–H groups in total. The largest absolute Gasteiger partial charge is 0.422 e. The summed E-state index contributed by atoms with van der Waals surface area (Å²) in [7, 11) is 1.87. The van der Waals surface area contributed by atoms with Crippen molar-refractivity contribution in [3.8, 4) is 0 Å². The summed E-state index contributed by atoms with van der Waals surface area (Å²) in [5.74, 6) is -0.330. The quantitative estimate of drug-likeness (QED) is 0.625. The number of nitrogens with zero attached hydrogens (tertiary/aromatic N) is 1. The number of hydrogen-bond donors (Lipinski definition) is 0. The van der Waals surface area contributed by atoms with Crippen LogP contribution in [0.25, 0.3) is 11.0 Å². The van der Waals surface area contributed by atoms with Crippen LogP contribution in [0.3, 0.4) is 0 Å². The van der Waals surface area contributed by atoms with Crippen LogP contribution in [0.15, 0.2) is 45.6 Å². The number of aryl methyl sites for hydroxylation is 2. The number of rotatable bonds is 4. The fourth-order valence-corrected chi connectivity index (χ4v) is 3.18. The van der Waals surface area contributed by atoms with E-state index in [4.69, 9.17) is 16.0 Å². The fraction of sp³-hybridized carbons (Fsp3) is 0.250. The van der Waals surface area contributed by atoms with Gasteiger partial charge < -0.3 is 4.42 Å². The van der Waals surface area contributed by atoms with Gasteiger partial charge in [0.2, 0.25) is 0 Å². The molecule has 1 aromatic heterocycles. The first-order valence-corrected chi connectivity index (χ1v) is 8.39. The summed E-state index contributed by atoms with van der Waals surface area (Å²) >= 11 is 6.10. The smallest absolute Gasteiger partial charge is 0.336 e. The van der Waals surface area contributed by atoms with Crippen molar-refractivity contribution in [3.63, 3.8) is 0 Å². The average Bonchev–Trinajstić information content (AvgIpc) is 2.55. The normalized spacial score (nSPS) is 11.4. The molecule has 3 nitrogen and oxygen atoms in total. The molecule has 0 atom stereocenters. The minimum absolute atomic E-state index is 0.330. The first kappa shape index (κ1) is 17.6. The van der Waals surface area contributed by atoms with Crippen LogP contribution in [0.2, 0.25) is 5.02 Å². The Morgan fingerprint density at radius 1 is 1.16 bits per heavy atom. The molecule has 0 bridgehead atoms. The Morgan fingerprint density at radius 2 is 1.92 bits per heavy atom. The van der Waals surface area contributed by atoms with Crippen molar-refractivity contribution in [1.29, 1.82) is 0 Å². The molecule has 130 valence electrons. The summed E-state index contributed by atoms with van der Waals surface area (Å²) in [4.78, 5) is 13.9. The van der Waals surface area contributed by atoms with E-state index in [-0.39, 0.29) is 11.4 Å². The van der Waals surface area contributed by atoms with Gasteiger partial charge >= 0.3 is 5.63 Å². The Hall–Kier alpha value is -2.17. The van der Waals surface area contributed by atoms with Crippen molar-refractivity contribution in [3.05, 3.63) is 79.9 Å². The summed E-state index contributed by atoms with van der Waals surface area (Å²) in [5, 5.41) is 1.30. The summed E-state index contributed by atoms with van der Waals surface area (Å²) in [5.41, 5.74) is 3.55. The Labute approximate surface area is 150 Å². The minimum Gasteiger partial charge on any atom is -0.422 e. The molecule has 0 unspecified atom stereocenters. The van der Waals surface area contributed by atoms with Crippen LogP contribution in [0, 0.1) is 19.7 Å². The van der Waals surface area contributed by atoms with E-state index in [1.807, 2.05) is 37.9 Å². The van der Waals surface area contributed by atoms with Crippen molar-refractivity contribution in [2.45, 2.75) is 26.9 Å². The standard InChI is InChI=1S/C20H19ClFNO2/c1-12-7-8-15-14(9-19(24)25-20(15)13(12)2)10-23(3)11-16-17(21)5-4-6-18(16)22/h4-9H,10-11H2,1-3H3. The van der Waals surface area contributed by atoms with Gasteiger partial charge in [-0.3, -0.25) is 4.90 Å². The third kappa shape index (κ3) is 3.60. The van der Waals surface area contributed by atoms with Crippen LogP contribution in [0.5, 0.6) is 0 Å². The molecule has 0 saturated heterocycles. The predicted molar refractivity (Wildman–Crippen MR) is 98.5 cm³/mol. The van der Waals surface area contributed by atoms with Crippen molar-refractivity contribution in [1.82, 2.24) is 4.90 Å². The first-order valence-electron chi connectivity index (χ1n) is 8.01. The lowest BCUT2D eigenvalue weighted by Gasteiger charge is -2.19. The van der Waals surface area contributed by atoms with Gasteiger partial charge in [-0.15, -0.1) is 0 Å². The van der Waals surface area contributed by atoms with E-state index in [0.717, 1.165) is 22.1 Å². The van der Waals surface area contributed by atoms with Crippen molar-refractivity contribution < 1.29 is 8.81 Å². The maximum atomic E-state index is 14.0. The highest BCUT2D eigenvalue weighted by Crippen LogP contribution is 2.25. The molecule has 25 heavy (non-hydrogen) atoms. The van der Waals surface area contributed by atoms with E-state index in [1.165, 1.54) is 12.1 Å². The van der Waals surface area contributed by atoms with E-state index < -0.39 is 0 Å². The highest BCUT2D eigenvalue weighted by molar-refractivity contribution is 6.31. The zero-order chi connectivity index (χ0) is 18.1. The number of fused-ring (bicyclic) bond motifs is 1. The third-order valence-corrected chi connectivity index (χ3v) is 4.80. The fourth-order valence-electron chi connectivity index (χ4n) is 2.96. The topological polar surface area (TPSA) is 33.5 Å². The molecule has 3 aromatic rings. The van der Waals surface area contributed by atoms with E-state index in [9.17, 15) is 9.18 Å². The van der Waals surface area contributed by atoms with Crippen LogP contribution in [0.1, 0.15) is 22.3 Å². The molecule has 2 aromatic carbocycles. The lowest BCUT2D eigenvalue weighted by atomic mass is 10.0. The predicted octanol–water partition coefficient (Wildman–Crippen LogP) is 4.83. The summed E-state index contributed by atoms with van der Waals surface area (Å²) in [6.07, 6.45) is 0. The SMILES string of the molecule is Cc1ccc2c(CN(C)Cc3c(F)cccc3Cl)cc(=O)oc2c1C. The molecular weight excluding hydrogens is 341 g/mol. The molecule has 0 aliphatic rings. The monoisotopic (exact) mass is 359 g/mol. The number of halogens is 2. The summed E-state index contributed by atoms with van der Waals surface area (Å²) < 4.78 is 19.4. The molecule has 3 rings (SSSR count). The Kier molecular flexibility index (Phi) is 4.93. The second-order valence-electron chi connectivity index (χ2n) is 6.35. The van der Waals surface area contributed by atoms with Crippen molar-refractivity contribution in [2.75, 3.05) is 7.05 Å². The maximum Gasteiger partial charge on any atom is 0.336 e. The van der Waals surface area contributed by atoms with Crippen LogP contribution in [-0.2, 0) is 13.1 Å². The van der Waals surface area contributed by atoms with Gasteiger partial charge in [-0.2, -0.15) is 0 Å². The minimum atomic E-state index is -0.381. The molecular formula is C20H19ClFNO2. The highest BCUT2D eigenvalue weighted by atomic mass is 35.5. The molecule has 1 heterocycles. The van der Waals surface area contributed by atoms with Crippen molar-refractivity contribution >= 4 is 22.6 Å². The molecule has 0 amide bonds. The molecule has 0 aliphatic carbocycles. The van der Waals surface area contributed by atoms with Crippen LogP contribution in [0.4, 0.5) is 4.39 Å². The van der Waals surface area contributed by atoms with E-state index in [1.54, 1.807) is 12.1 Å². The summed E-state index contributed by atoms with van der Waals surface area (Å²) in [6, 6.07) is 10.1. The molecule has 0 radical (unpaired) electrons. The molecule has 0 spiro atoms. The van der Waals surface area contributed by atoms with Gasteiger partial charge in [0, 0.05) is 35.1 Å². The zero-order valence-corrected chi connectivity index (χ0v) is 15.2. The third-order valence-electron chi connectivity index (χ3n) is 4.45. The number of benzene rings is 2. The van der Waals surface area contributed by atoms with Gasteiger partial charge in [0.15, 0.2) is 0 Å². The summed E-state index contributed by atoms with van der Waals surface area (Å²) in [6.45, 7) is 4.74. The van der Waals surface area contributed by atoms with Crippen molar-refractivity contribution in [2.24, 2.45) is 0 Å². The van der Waals surface area contributed by atoms with Crippen LogP contribution in [-0.4, -0.2) is 11.9 Å². The van der Waals surface area contributed by atoms with E-state index in [0.29, 0.717) is 29.3 Å². The Bertz CT molecular complexity index is 977. The molecule has 0 fully saturated rings. The lowest BCUT2D eigenvalue weighted by Crippen LogP contribution is -2.19. The molecule has 0 aliphatic heterocycles. The van der Waals surface area contributed by atoms with Gasteiger partial charge in [0.25, 0.3) is 0 Å². The molecule has 0 saturated carbocycles. The number of hydrogen-bond acceptors (Lipinski definition) is 3. The van der Waals surface area contributed by atoms with Gasteiger partial charge in [-0.25, -0.2) is 9.18 Å². The van der Waals surface area contributed by atoms with Gasteiger partial charge in [-0.05, 0) is 49.7 Å².